The van der Waals surface area contributed by atoms with E-state index in [2.05, 4.69) is 15.9 Å². The fourth-order valence-electron chi connectivity index (χ4n) is 3.86. The Labute approximate surface area is 181 Å². The van der Waals surface area contributed by atoms with E-state index in [1.165, 1.54) is 0 Å². The molecule has 0 unspecified atom stereocenters. The third kappa shape index (κ3) is 5.31. The van der Waals surface area contributed by atoms with Crippen LogP contribution in [-0.4, -0.2) is 33.8 Å². The van der Waals surface area contributed by atoms with Crippen molar-refractivity contribution in [2.75, 3.05) is 5.73 Å². The van der Waals surface area contributed by atoms with Crippen LogP contribution in [0.5, 0.6) is 0 Å². The van der Waals surface area contributed by atoms with Gasteiger partial charge in [0.25, 0.3) is 0 Å². The lowest BCUT2D eigenvalue weighted by atomic mass is 10.0. The highest BCUT2D eigenvalue weighted by Gasteiger charge is 2.42. The number of nitrogens with two attached hydrogens (primary N) is 1. The van der Waals surface area contributed by atoms with Crippen molar-refractivity contribution in [2.24, 2.45) is 0 Å². The summed E-state index contributed by atoms with van der Waals surface area (Å²) >= 11 is 3.47. The van der Waals surface area contributed by atoms with Gasteiger partial charge in [-0.15, -0.1) is 0 Å². The fraction of sp³-hybridized carbons (Fsp3) is 0.435. The number of rotatable bonds is 4. The zero-order valence-electron chi connectivity index (χ0n) is 17.1. The highest BCUT2D eigenvalue weighted by atomic mass is 79.9. The fourth-order valence-corrected chi connectivity index (χ4v) is 4.29. The number of hydrogen-bond acceptors (Lipinski definition) is 4. The first-order valence-electron chi connectivity index (χ1n) is 9.94. The molecule has 2 aromatic carbocycles. The van der Waals surface area contributed by atoms with E-state index in [4.69, 9.17) is 10.5 Å². The van der Waals surface area contributed by atoms with Crippen LogP contribution in [-0.2, 0) is 11.2 Å². The van der Waals surface area contributed by atoms with E-state index in [-0.39, 0.29) is 18.2 Å². The summed E-state index contributed by atoms with van der Waals surface area (Å²) in [4.78, 5) is 14.8. The van der Waals surface area contributed by atoms with Gasteiger partial charge in [-0.3, -0.25) is 4.90 Å². The van der Waals surface area contributed by atoms with Crippen molar-refractivity contribution in [3.8, 4) is 0 Å². The van der Waals surface area contributed by atoms with E-state index in [1.54, 1.807) is 4.90 Å². The SMILES string of the molecule is CC(C)(C)OC(=O)N1[C@H](Cc2ccc(N)c(Br)c2)CC[C@@H]1[C@H](O)c1ccccc1. The number of likely N-dealkylation sites (tertiary alicyclic amines) is 1. The lowest BCUT2D eigenvalue weighted by Crippen LogP contribution is -2.47. The Hall–Kier alpha value is -2.05. The summed E-state index contributed by atoms with van der Waals surface area (Å²) < 4.78 is 6.54. The van der Waals surface area contributed by atoms with Gasteiger partial charge in [0.05, 0.1) is 12.1 Å². The quantitative estimate of drug-likeness (QED) is 0.623. The molecule has 0 aliphatic carbocycles. The van der Waals surface area contributed by atoms with Crippen LogP contribution in [0.3, 0.4) is 0 Å². The number of benzene rings is 2. The minimum Gasteiger partial charge on any atom is -0.444 e. The van der Waals surface area contributed by atoms with Crippen LogP contribution in [0.4, 0.5) is 10.5 Å². The summed E-state index contributed by atoms with van der Waals surface area (Å²) in [5.41, 5.74) is 7.88. The number of carbonyl (C=O) groups is 1. The van der Waals surface area contributed by atoms with Gasteiger partial charge in [-0.2, -0.15) is 0 Å². The molecule has 1 fully saturated rings. The Morgan fingerprint density at radius 2 is 1.93 bits per heavy atom. The zero-order valence-corrected chi connectivity index (χ0v) is 18.7. The molecule has 156 valence electrons. The average Bonchev–Trinajstić information content (AvgIpc) is 3.07. The molecule has 0 bridgehead atoms. The monoisotopic (exact) mass is 460 g/mol. The summed E-state index contributed by atoms with van der Waals surface area (Å²) in [6.07, 6.45) is 1.06. The molecule has 0 saturated carbocycles. The van der Waals surface area contributed by atoms with E-state index in [0.29, 0.717) is 12.1 Å². The summed E-state index contributed by atoms with van der Waals surface area (Å²) in [7, 11) is 0. The van der Waals surface area contributed by atoms with Crippen LogP contribution >= 0.6 is 15.9 Å². The first kappa shape index (κ1) is 21.7. The first-order chi connectivity index (χ1) is 13.7. The Morgan fingerprint density at radius 3 is 2.55 bits per heavy atom. The number of ether oxygens (including phenoxy) is 1. The maximum atomic E-state index is 13.1. The van der Waals surface area contributed by atoms with Crippen molar-refractivity contribution in [1.82, 2.24) is 4.90 Å². The normalized spacial score (nSPS) is 20.5. The number of anilines is 1. The van der Waals surface area contributed by atoms with Gasteiger partial charge >= 0.3 is 6.09 Å². The summed E-state index contributed by atoms with van der Waals surface area (Å²) in [5.74, 6) is 0. The Bertz CT molecular complexity index is 851. The van der Waals surface area contributed by atoms with Crippen molar-refractivity contribution in [2.45, 2.75) is 63.8 Å². The average molecular weight is 461 g/mol. The molecule has 0 radical (unpaired) electrons. The van der Waals surface area contributed by atoms with Crippen molar-refractivity contribution >= 4 is 27.7 Å². The van der Waals surface area contributed by atoms with Gasteiger partial charge in [0.1, 0.15) is 5.60 Å². The number of aliphatic hydroxyl groups is 1. The molecule has 1 saturated heterocycles. The van der Waals surface area contributed by atoms with Crippen molar-refractivity contribution in [1.29, 1.82) is 0 Å². The highest BCUT2D eigenvalue weighted by molar-refractivity contribution is 9.10. The third-order valence-corrected chi connectivity index (χ3v) is 5.88. The lowest BCUT2D eigenvalue weighted by Gasteiger charge is -2.35. The largest absolute Gasteiger partial charge is 0.444 e. The summed E-state index contributed by atoms with van der Waals surface area (Å²) in [6, 6.07) is 14.9. The maximum absolute atomic E-state index is 13.1. The van der Waals surface area contributed by atoms with Crippen LogP contribution in [0.1, 0.15) is 50.8 Å². The molecule has 1 aliphatic rings. The molecular formula is C23H29BrN2O3. The third-order valence-electron chi connectivity index (χ3n) is 5.19. The van der Waals surface area contributed by atoms with Gasteiger partial charge in [-0.25, -0.2) is 4.79 Å². The van der Waals surface area contributed by atoms with Crippen molar-refractivity contribution in [3.63, 3.8) is 0 Å². The lowest BCUT2D eigenvalue weighted by molar-refractivity contribution is -0.00453. The van der Waals surface area contributed by atoms with E-state index in [9.17, 15) is 9.90 Å². The number of amides is 1. The standard InChI is InChI=1S/C23H29BrN2O3/c1-23(2,3)29-22(28)26-17(13-15-9-11-19(25)18(24)14-15)10-12-20(26)21(27)16-7-5-4-6-8-16/h4-9,11,14,17,20-21,27H,10,12-13,25H2,1-3H3/t17-,20+,21+/m0/s1. The predicted octanol–water partition coefficient (Wildman–Crippen LogP) is 5.08. The van der Waals surface area contributed by atoms with Crippen LogP contribution in [0.25, 0.3) is 0 Å². The Kier molecular flexibility index (Phi) is 6.54. The molecule has 6 heteroatoms. The Morgan fingerprint density at radius 1 is 1.24 bits per heavy atom. The summed E-state index contributed by atoms with van der Waals surface area (Å²) in [5, 5.41) is 11.0. The smallest absolute Gasteiger partial charge is 0.410 e. The number of halogens is 1. The van der Waals surface area contributed by atoms with Gasteiger partial charge in [0.15, 0.2) is 0 Å². The molecule has 29 heavy (non-hydrogen) atoms. The van der Waals surface area contributed by atoms with Gasteiger partial charge in [0, 0.05) is 16.2 Å². The molecule has 3 rings (SSSR count). The number of nitrogens with zero attached hydrogens (tertiary/aromatic N) is 1. The van der Waals surface area contributed by atoms with Crippen LogP contribution in [0, 0.1) is 0 Å². The molecule has 1 heterocycles. The molecule has 1 amide bonds. The number of aliphatic hydroxyl groups excluding tert-OH is 1. The zero-order chi connectivity index (χ0) is 21.2. The summed E-state index contributed by atoms with van der Waals surface area (Å²) in [6.45, 7) is 5.57. The molecule has 3 N–H and O–H groups in total. The molecule has 5 nitrogen and oxygen atoms in total. The molecule has 0 aromatic heterocycles. The molecular weight excluding hydrogens is 432 g/mol. The number of carbonyl (C=O) groups excluding carboxylic acids is 1. The first-order valence-corrected chi connectivity index (χ1v) is 10.7. The molecule has 0 spiro atoms. The number of hydrogen-bond donors (Lipinski definition) is 2. The van der Waals surface area contributed by atoms with E-state index < -0.39 is 11.7 Å². The minimum absolute atomic E-state index is 0.0521. The predicted molar refractivity (Wildman–Crippen MR) is 119 cm³/mol. The molecule has 1 aliphatic heterocycles. The van der Waals surface area contributed by atoms with Crippen LogP contribution < -0.4 is 5.73 Å². The van der Waals surface area contributed by atoms with E-state index in [0.717, 1.165) is 28.4 Å². The van der Waals surface area contributed by atoms with Gasteiger partial charge in [-0.05, 0) is 79.2 Å². The van der Waals surface area contributed by atoms with Crippen LogP contribution in [0.2, 0.25) is 0 Å². The van der Waals surface area contributed by atoms with Crippen molar-refractivity contribution in [3.05, 3.63) is 64.1 Å². The second-order valence-electron chi connectivity index (χ2n) is 8.60. The minimum atomic E-state index is -0.758. The van der Waals surface area contributed by atoms with E-state index >= 15 is 0 Å². The topological polar surface area (TPSA) is 75.8 Å². The van der Waals surface area contributed by atoms with E-state index in [1.807, 2.05) is 69.3 Å². The second-order valence-corrected chi connectivity index (χ2v) is 9.46. The van der Waals surface area contributed by atoms with Gasteiger partial charge in [0.2, 0.25) is 0 Å². The second kappa shape index (κ2) is 8.76. The van der Waals surface area contributed by atoms with Gasteiger partial charge < -0.3 is 15.6 Å². The highest BCUT2D eigenvalue weighted by Crippen LogP contribution is 2.36. The Balaban J connectivity index is 1.86. The van der Waals surface area contributed by atoms with Crippen molar-refractivity contribution < 1.29 is 14.6 Å². The number of nitrogen functional groups attached to an aromatic ring is 1. The molecule has 3 atom stereocenters. The molecule has 2 aromatic rings. The maximum Gasteiger partial charge on any atom is 0.410 e. The van der Waals surface area contributed by atoms with Gasteiger partial charge in [-0.1, -0.05) is 36.4 Å². The van der Waals surface area contributed by atoms with Crippen LogP contribution in [0.15, 0.2) is 53.0 Å².